The summed E-state index contributed by atoms with van der Waals surface area (Å²) in [6, 6.07) is 13.4. The van der Waals surface area contributed by atoms with Gasteiger partial charge in [-0.25, -0.2) is 18.1 Å². The number of sulfonamides is 1. The second-order valence-electron chi connectivity index (χ2n) is 4.38. The fourth-order valence-corrected chi connectivity index (χ4v) is 2.88. The van der Waals surface area contributed by atoms with Crippen molar-refractivity contribution in [3.8, 4) is 0 Å². The summed E-state index contributed by atoms with van der Waals surface area (Å²) in [6.07, 6.45) is 0. The van der Waals surface area contributed by atoms with Crippen molar-refractivity contribution in [2.24, 2.45) is 5.84 Å². The number of benzene rings is 2. The van der Waals surface area contributed by atoms with E-state index < -0.39 is 10.0 Å². The largest absolute Gasteiger partial charge is 0.324 e. The Kier molecular flexibility index (Phi) is 3.24. The lowest BCUT2D eigenvalue weighted by Crippen LogP contribution is -2.14. The van der Waals surface area contributed by atoms with Crippen LogP contribution in [-0.4, -0.2) is 18.4 Å². The molecule has 0 amide bonds. The molecule has 7 nitrogen and oxygen atoms in total. The molecular weight excluding hydrogens is 290 g/mol. The quantitative estimate of drug-likeness (QED) is 0.432. The Morgan fingerprint density at radius 2 is 1.76 bits per heavy atom. The van der Waals surface area contributed by atoms with E-state index >= 15 is 0 Å². The molecule has 3 aromatic rings. The first-order chi connectivity index (χ1) is 10.1. The number of nitrogens with zero attached hydrogens (tertiary/aromatic N) is 1. The van der Waals surface area contributed by atoms with E-state index in [0.717, 1.165) is 5.52 Å². The number of imidazole rings is 1. The maximum atomic E-state index is 12.3. The molecule has 0 saturated carbocycles. The van der Waals surface area contributed by atoms with Crippen LogP contribution >= 0.6 is 0 Å². The minimum absolute atomic E-state index is 0.127. The summed E-state index contributed by atoms with van der Waals surface area (Å²) in [7, 11) is -3.70. The van der Waals surface area contributed by atoms with E-state index in [0.29, 0.717) is 11.2 Å². The maximum absolute atomic E-state index is 12.3. The molecule has 0 bridgehead atoms. The van der Waals surface area contributed by atoms with Gasteiger partial charge in [0.2, 0.25) is 5.95 Å². The van der Waals surface area contributed by atoms with Crippen LogP contribution in [0.5, 0.6) is 0 Å². The lowest BCUT2D eigenvalue weighted by atomic mass is 10.3. The van der Waals surface area contributed by atoms with E-state index in [9.17, 15) is 8.42 Å². The summed E-state index contributed by atoms with van der Waals surface area (Å²) in [5.74, 6) is 5.42. The standard InChI is InChI=1S/C13H13N5O2S/c14-17-9-5-7-10(8-6-9)21(19,20)18-13-15-11-3-1-2-4-12(11)16-13/h1-8,17H,14H2,(H2,15,16,18). The molecule has 3 rings (SSSR count). The van der Waals surface area contributed by atoms with Crippen LogP contribution in [0.3, 0.4) is 0 Å². The molecule has 0 aliphatic carbocycles. The van der Waals surface area contributed by atoms with E-state index in [-0.39, 0.29) is 10.8 Å². The van der Waals surface area contributed by atoms with Gasteiger partial charge in [0.15, 0.2) is 0 Å². The van der Waals surface area contributed by atoms with Crippen LogP contribution in [0.4, 0.5) is 11.6 Å². The number of hydrogen-bond donors (Lipinski definition) is 4. The van der Waals surface area contributed by atoms with E-state index in [4.69, 9.17) is 5.84 Å². The summed E-state index contributed by atoms with van der Waals surface area (Å²) >= 11 is 0. The fraction of sp³-hybridized carbons (Fsp3) is 0. The summed E-state index contributed by atoms with van der Waals surface area (Å²) in [4.78, 5) is 7.22. The number of aromatic nitrogens is 2. The molecule has 108 valence electrons. The van der Waals surface area contributed by atoms with Gasteiger partial charge in [0.05, 0.1) is 15.9 Å². The summed E-state index contributed by atoms with van der Waals surface area (Å²) in [6.45, 7) is 0. The van der Waals surface area contributed by atoms with Gasteiger partial charge in [-0.2, -0.15) is 0 Å². The molecule has 0 fully saturated rings. The topological polar surface area (TPSA) is 113 Å². The number of fused-ring (bicyclic) bond motifs is 1. The predicted octanol–water partition coefficient (Wildman–Crippen LogP) is 1.65. The highest BCUT2D eigenvalue weighted by atomic mass is 32.2. The Morgan fingerprint density at radius 3 is 2.43 bits per heavy atom. The number of rotatable bonds is 4. The van der Waals surface area contributed by atoms with Gasteiger partial charge in [-0.05, 0) is 36.4 Å². The van der Waals surface area contributed by atoms with Crippen molar-refractivity contribution in [3.05, 3.63) is 48.5 Å². The fourth-order valence-electron chi connectivity index (χ4n) is 1.92. The van der Waals surface area contributed by atoms with E-state index in [1.165, 1.54) is 12.1 Å². The Bertz CT molecular complexity index is 838. The van der Waals surface area contributed by atoms with Crippen LogP contribution in [0.25, 0.3) is 11.0 Å². The third-order valence-electron chi connectivity index (χ3n) is 2.95. The lowest BCUT2D eigenvalue weighted by molar-refractivity contribution is 0.601. The molecule has 0 saturated heterocycles. The molecule has 1 heterocycles. The second-order valence-corrected chi connectivity index (χ2v) is 6.06. The molecule has 0 atom stereocenters. The highest BCUT2D eigenvalue weighted by Crippen LogP contribution is 2.18. The third-order valence-corrected chi connectivity index (χ3v) is 4.31. The molecule has 21 heavy (non-hydrogen) atoms. The van der Waals surface area contributed by atoms with E-state index in [1.54, 1.807) is 18.2 Å². The summed E-state index contributed by atoms with van der Waals surface area (Å²) in [5, 5.41) is 0. The van der Waals surface area contributed by atoms with Crippen molar-refractivity contribution < 1.29 is 8.42 Å². The highest BCUT2D eigenvalue weighted by molar-refractivity contribution is 7.92. The molecule has 0 unspecified atom stereocenters. The van der Waals surface area contributed by atoms with Crippen LogP contribution < -0.4 is 16.0 Å². The van der Waals surface area contributed by atoms with Gasteiger partial charge in [-0.1, -0.05) is 12.1 Å². The van der Waals surface area contributed by atoms with Crippen molar-refractivity contribution in [1.29, 1.82) is 0 Å². The molecule has 5 N–H and O–H groups in total. The van der Waals surface area contributed by atoms with Gasteiger partial charge in [0, 0.05) is 5.69 Å². The Balaban J connectivity index is 1.91. The average molecular weight is 303 g/mol. The SMILES string of the molecule is NNc1ccc(S(=O)(=O)Nc2nc3ccccc3[nH]2)cc1. The zero-order valence-electron chi connectivity index (χ0n) is 10.9. The molecule has 0 radical (unpaired) electrons. The number of nitrogens with two attached hydrogens (primary N) is 1. The van der Waals surface area contributed by atoms with Crippen LogP contribution in [0.1, 0.15) is 0 Å². The molecule has 2 aromatic carbocycles. The molecule has 0 aliphatic heterocycles. The minimum atomic E-state index is -3.70. The zero-order valence-corrected chi connectivity index (χ0v) is 11.7. The van der Waals surface area contributed by atoms with Gasteiger partial charge in [0.1, 0.15) is 0 Å². The molecule has 8 heteroatoms. The molecule has 0 aliphatic rings. The third kappa shape index (κ3) is 2.67. The van der Waals surface area contributed by atoms with Gasteiger partial charge < -0.3 is 10.4 Å². The number of para-hydroxylation sites is 2. The van der Waals surface area contributed by atoms with Crippen molar-refractivity contribution in [2.45, 2.75) is 4.90 Å². The number of hydrazine groups is 1. The normalized spacial score (nSPS) is 11.5. The van der Waals surface area contributed by atoms with Gasteiger partial charge >= 0.3 is 0 Å². The minimum Gasteiger partial charge on any atom is -0.324 e. The summed E-state index contributed by atoms with van der Waals surface area (Å²) < 4.78 is 26.9. The average Bonchev–Trinajstić information content (AvgIpc) is 2.88. The Morgan fingerprint density at radius 1 is 1.05 bits per heavy atom. The molecule has 1 aromatic heterocycles. The van der Waals surface area contributed by atoms with Gasteiger partial charge in [-0.3, -0.25) is 5.84 Å². The smallest absolute Gasteiger partial charge is 0.264 e. The van der Waals surface area contributed by atoms with Crippen LogP contribution in [0.15, 0.2) is 53.4 Å². The lowest BCUT2D eigenvalue weighted by Gasteiger charge is -2.06. The van der Waals surface area contributed by atoms with Crippen molar-refractivity contribution in [2.75, 3.05) is 10.1 Å². The first-order valence-electron chi connectivity index (χ1n) is 6.13. The molecular formula is C13H13N5O2S. The highest BCUT2D eigenvalue weighted by Gasteiger charge is 2.16. The Labute approximate surface area is 121 Å². The second kappa shape index (κ2) is 5.08. The van der Waals surface area contributed by atoms with Crippen LogP contribution in [0.2, 0.25) is 0 Å². The van der Waals surface area contributed by atoms with E-state index in [1.807, 2.05) is 18.2 Å². The van der Waals surface area contributed by atoms with Crippen molar-refractivity contribution in [1.82, 2.24) is 9.97 Å². The number of nitrogen functional groups attached to an aromatic ring is 1. The predicted molar refractivity (Wildman–Crippen MR) is 81.2 cm³/mol. The maximum Gasteiger partial charge on any atom is 0.264 e. The van der Waals surface area contributed by atoms with Gasteiger partial charge in [-0.15, -0.1) is 0 Å². The first kappa shape index (κ1) is 13.4. The number of H-pyrrole nitrogens is 1. The zero-order chi connectivity index (χ0) is 14.9. The first-order valence-corrected chi connectivity index (χ1v) is 7.61. The van der Waals surface area contributed by atoms with Crippen molar-refractivity contribution in [3.63, 3.8) is 0 Å². The number of aromatic amines is 1. The number of hydrogen-bond acceptors (Lipinski definition) is 5. The van der Waals surface area contributed by atoms with Crippen molar-refractivity contribution >= 4 is 32.7 Å². The van der Waals surface area contributed by atoms with Crippen LogP contribution in [0, 0.1) is 0 Å². The summed E-state index contributed by atoms with van der Waals surface area (Å²) in [5.41, 5.74) is 4.52. The number of nitrogens with one attached hydrogen (secondary N) is 3. The van der Waals surface area contributed by atoms with Gasteiger partial charge in [0.25, 0.3) is 10.0 Å². The van der Waals surface area contributed by atoms with Crippen LogP contribution in [-0.2, 0) is 10.0 Å². The molecule has 0 spiro atoms. The van der Waals surface area contributed by atoms with E-state index in [2.05, 4.69) is 20.1 Å². The monoisotopic (exact) mass is 303 g/mol. The Hall–Kier alpha value is -2.58. The number of anilines is 2.